The third-order valence-electron chi connectivity index (χ3n) is 2.62. The number of anilines is 2. The molecule has 3 N–H and O–H groups in total. The van der Waals surface area contributed by atoms with Gasteiger partial charge in [0.15, 0.2) is 0 Å². The van der Waals surface area contributed by atoms with Crippen molar-refractivity contribution in [3.8, 4) is 5.88 Å². The molecule has 0 aliphatic carbocycles. The fourth-order valence-corrected chi connectivity index (χ4v) is 1.74. The molecule has 1 aliphatic heterocycles. The number of hydrogen-bond acceptors (Lipinski definition) is 5. The van der Waals surface area contributed by atoms with Crippen LogP contribution in [0, 0.1) is 0 Å². The van der Waals surface area contributed by atoms with E-state index in [4.69, 9.17) is 15.2 Å². The van der Waals surface area contributed by atoms with E-state index in [1.54, 1.807) is 13.2 Å². The molecule has 1 atom stereocenters. The minimum absolute atomic E-state index is 0.297. The van der Waals surface area contributed by atoms with Crippen LogP contribution in [0.4, 0.5) is 11.5 Å². The number of nitrogen functional groups attached to an aromatic ring is 1. The number of nitrogens with two attached hydrogens (primary N) is 1. The van der Waals surface area contributed by atoms with E-state index < -0.39 is 0 Å². The summed E-state index contributed by atoms with van der Waals surface area (Å²) in [4.78, 5) is 4.24. The van der Waals surface area contributed by atoms with Crippen LogP contribution in [0.3, 0.4) is 0 Å². The lowest BCUT2D eigenvalue weighted by atomic mass is 10.2. The minimum Gasteiger partial charge on any atom is -0.479 e. The van der Waals surface area contributed by atoms with Crippen molar-refractivity contribution in [2.75, 3.05) is 31.3 Å². The molecular formula is C11H17N3O2. The zero-order chi connectivity index (χ0) is 11.4. The van der Waals surface area contributed by atoms with Crippen molar-refractivity contribution in [1.82, 2.24) is 4.98 Å². The summed E-state index contributed by atoms with van der Waals surface area (Å²) in [5.41, 5.74) is 6.22. The monoisotopic (exact) mass is 223 g/mol. The Morgan fingerprint density at radius 2 is 2.50 bits per heavy atom. The van der Waals surface area contributed by atoms with Gasteiger partial charge in [-0.25, -0.2) is 0 Å². The van der Waals surface area contributed by atoms with Gasteiger partial charge in [0.05, 0.1) is 18.9 Å². The van der Waals surface area contributed by atoms with Crippen LogP contribution in [-0.2, 0) is 4.74 Å². The van der Waals surface area contributed by atoms with E-state index in [0.717, 1.165) is 31.8 Å². The van der Waals surface area contributed by atoms with Crippen molar-refractivity contribution in [2.24, 2.45) is 0 Å². The standard InChI is InChI=1S/C11H17N3O2/c1-15-11-9(12)4-5-10(14-11)13-7-8-3-2-6-16-8/h4-5,8H,2-3,6-7,12H2,1H3,(H,13,14). The first-order chi connectivity index (χ1) is 7.79. The van der Waals surface area contributed by atoms with Gasteiger partial charge >= 0.3 is 0 Å². The molecule has 1 fully saturated rings. The number of aromatic nitrogens is 1. The molecule has 88 valence electrons. The van der Waals surface area contributed by atoms with Crippen LogP contribution in [0.2, 0.25) is 0 Å². The number of nitrogens with one attached hydrogen (secondary N) is 1. The lowest BCUT2D eigenvalue weighted by Crippen LogP contribution is -2.19. The van der Waals surface area contributed by atoms with Crippen molar-refractivity contribution in [2.45, 2.75) is 18.9 Å². The topological polar surface area (TPSA) is 69.4 Å². The number of ether oxygens (including phenoxy) is 2. The molecular weight excluding hydrogens is 206 g/mol. The first-order valence-corrected chi connectivity index (χ1v) is 5.45. The van der Waals surface area contributed by atoms with Gasteiger partial charge in [0.1, 0.15) is 5.82 Å². The molecule has 16 heavy (non-hydrogen) atoms. The van der Waals surface area contributed by atoms with E-state index in [1.807, 2.05) is 6.07 Å². The molecule has 1 aliphatic rings. The van der Waals surface area contributed by atoms with E-state index in [-0.39, 0.29) is 0 Å². The summed E-state index contributed by atoms with van der Waals surface area (Å²) in [6.45, 7) is 1.64. The third-order valence-corrected chi connectivity index (χ3v) is 2.62. The maximum absolute atomic E-state index is 5.68. The van der Waals surface area contributed by atoms with Crippen molar-refractivity contribution >= 4 is 11.5 Å². The van der Waals surface area contributed by atoms with E-state index in [9.17, 15) is 0 Å². The molecule has 0 spiro atoms. The van der Waals surface area contributed by atoms with Gasteiger partial charge in [-0.1, -0.05) is 0 Å². The average Bonchev–Trinajstić information content (AvgIpc) is 2.81. The van der Waals surface area contributed by atoms with Crippen LogP contribution >= 0.6 is 0 Å². The Morgan fingerprint density at radius 1 is 1.62 bits per heavy atom. The summed E-state index contributed by atoms with van der Waals surface area (Å²) in [5, 5.41) is 3.22. The zero-order valence-electron chi connectivity index (χ0n) is 9.40. The van der Waals surface area contributed by atoms with Crippen LogP contribution in [0.5, 0.6) is 5.88 Å². The van der Waals surface area contributed by atoms with E-state index in [1.165, 1.54) is 0 Å². The Kier molecular flexibility index (Phi) is 3.46. The van der Waals surface area contributed by atoms with Gasteiger partial charge in [0.25, 0.3) is 0 Å². The van der Waals surface area contributed by atoms with Crippen LogP contribution in [0.15, 0.2) is 12.1 Å². The molecule has 0 saturated carbocycles. The van der Waals surface area contributed by atoms with E-state index in [0.29, 0.717) is 17.7 Å². The highest BCUT2D eigenvalue weighted by Crippen LogP contribution is 2.20. The van der Waals surface area contributed by atoms with Crippen molar-refractivity contribution in [1.29, 1.82) is 0 Å². The van der Waals surface area contributed by atoms with Crippen molar-refractivity contribution in [3.05, 3.63) is 12.1 Å². The maximum Gasteiger partial charge on any atom is 0.238 e. The molecule has 1 aromatic heterocycles. The highest BCUT2D eigenvalue weighted by Gasteiger charge is 2.15. The van der Waals surface area contributed by atoms with Crippen molar-refractivity contribution < 1.29 is 9.47 Å². The molecule has 1 unspecified atom stereocenters. The predicted octanol–water partition coefficient (Wildman–Crippen LogP) is 1.26. The summed E-state index contributed by atoms with van der Waals surface area (Å²) in [6, 6.07) is 3.62. The van der Waals surface area contributed by atoms with Gasteiger partial charge in [-0.15, -0.1) is 0 Å². The first kappa shape index (κ1) is 11.0. The van der Waals surface area contributed by atoms with Gasteiger partial charge in [0, 0.05) is 13.2 Å². The fourth-order valence-electron chi connectivity index (χ4n) is 1.74. The molecule has 0 bridgehead atoms. The number of hydrogen-bond donors (Lipinski definition) is 2. The smallest absolute Gasteiger partial charge is 0.238 e. The van der Waals surface area contributed by atoms with Gasteiger partial charge in [-0.2, -0.15) is 4.98 Å². The molecule has 5 heteroatoms. The third kappa shape index (κ3) is 2.55. The molecule has 5 nitrogen and oxygen atoms in total. The summed E-state index contributed by atoms with van der Waals surface area (Å²) < 4.78 is 10.6. The Hall–Kier alpha value is -1.49. The highest BCUT2D eigenvalue weighted by atomic mass is 16.5. The fraction of sp³-hybridized carbons (Fsp3) is 0.545. The minimum atomic E-state index is 0.297. The van der Waals surface area contributed by atoms with Gasteiger partial charge < -0.3 is 20.5 Å². The summed E-state index contributed by atoms with van der Waals surface area (Å²) in [6.07, 6.45) is 2.55. The Morgan fingerprint density at radius 3 is 3.19 bits per heavy atom. The second kappa shape index (κ2) is 5.03. The SMILES string of the molecule is COc1nc(NCC2CCCO2)ccc1N. The Balaban J connectivity index is 1.93. The van der Waals surface area contributed by atoms with Crippen LogP contribution in [0.1, 0.15) is 12.8 Å². The molecule has 0 radical (unpaired) electrons. The van der Waals surface area contributed by atoms with Gasteiger partial charge in [-0.05, 0) is 25.0 Å². The predicted molar refractivity (Wildman–Crippen MR) is 62.7 cm³/mol. The van der Waals surface area contributed by atoms with E-state index >= 15 is 0 Å². The Labute approximate surface area is 95.0 Å². The number of nitrogens with zero attached hydrogens (tertiary/aromatic N) is 1. The van der Waals surface area contributed by atoms with Crippen LogP contribution in [-0.4, -0.2) is 31.3 Å². The molecule has 1 aromatic rings. The molecule has 0 amide bonds. The molecule has 1 saturated heterocycles. The zero-order valence-corrected chi connectivity index (χ0v) is 9.40. The Bertz CT molecular complexity index is 351. The number of methoxy groups -OCH3 is 1. The molecule has 2 rings (SSSR count). The van der Waals surface area contributed by atoms with E-state index in [2.05, 4.69) is 10.3 Å². The lowest BCUT2D eigenvalue weighted by molar-refractivity contribution is 0.120. The van der Waals surface area contributed by atoms with Crippen molar-refractivity contribution in [3.63, 3.8) is 0 Å². The van der Waals surface area contributed by atoms with Gasteiger partial charge in [0.2, 0.25) is 5.88 Å². The number of rotatable bonds is 4. The average molecular weight is 223 g/mol. The molecule has 2 heterocycles. The first-order valence-electron chi connectivity index (χ1n) is 5.45. The highest BCUT2D eigenvalue weighted by molar-refractivity contribution is 5.53. The summed E-state index contributed by atoms with van der Waals surface area (Å²) in [5.74, 6) is 1.22. The summed E-state index contributed by atoms with van der Waals surface area (Å²) >= 11 is 0. The normalized spacial score (nSPS) is 19.7. The largest absolute Gasteiger partial charge is 0.479 e. The second-order valence-corrected chi connectivity index (χ2v) is 3.81. The lowest BCUT2D eigenvalue weighted by Gasteiger charge is -2.12. The second-order valence-electron chi connectivity index (χ2n) is 3.81. The molecule has 0 aromatic carbocycles. The quantitative estimate of drug-likeness (QED) is 0.804. The van der Waals surface area contributed by atoms with Crippen LogP contribution < -0.4 is 15.8 Å². The van der Waals surface area contributed by atoms with Gasteiger partial charge in [-0.3, -0.25) is 0 Å². The van der Waals surface area contributed by atoms with Crippen LogP contribution in [0.25, 0.3) is 0 Å². The number of pyridine rings is 1. The summed E-state index contributed by atoms with van der Waals surface area (Å²) in [7, 11) is 1.56. The maximum atomic E-state index is 5.68.